The zero-order valence-corrected chi connectivity index (χ0v) is 14.8. The topological polar surface area (TPSA) is 79.9 Å². The summed E-state index contributed by atoms with van der Waals surface area (Å²) in [6.07, 6.45) is 3.85. The van der Waals surface area contributed by atoms with Crippen LogP contribution < -0.4 is 20.1 Å². The Kier molecular flexibility index (Phi) is 4.97. The molecule has 3 aliphatic rings. The lowest BCUT2D eigenvalue weighted by molar-refractivity contribution is -0.125. The number of piperidine rings is 1. The van der Waals surface area contributed by atoms with E-state index >= 15 is 0 Å². The molecule has 1 aromatic rings. The van der Waals surface area contributed by atoms with Crippen molar-refractivity contribution >= 4 is 11.8 Å². The van der Waals surface area contributed by atoms with Crippen LogP contribution in [-0.2, 0) is 4.79 Å². The first kappa shape index (κ1) is 17.1. The smallest absolute Gasteiger partial charge is 0.254 e. The van der Waals surface area contributed by atoms with E-state index in [9.17, 15) is 9.59 Å². The maximum Gasteiger partial charge on any atom is 0.254 e. The van der Waals surface area contributed by atoms with Crippen LogP contribution >= 0.6 is 0 Å². The lowest BCUT2D eigenvalue weighted by atomic mass is 9.99. The van der Waals surface area contributed by atoms with Gasteiger partial charge in [-0.05, 0) is 62.9 Å². The van der Waals surface area contributed by atoms with E-state index in [0.717, 1.165) is 32.4 Å². The van der Waals surface area contributed by atoms with E-state index in [0.29, 0.717) is 42.5 Å². The molecule has 0 aliphatic carbocycles. The zero-order valence-electron chi connectivity index (χ0n) is 14.8. The van der Waals surface area contributed by atoms with Crippen LogP contribution in [0.2, 0.25) is 0 Å². The molecule has 26 heavy (non-hydrogen) atoms. The van der Waals surface area contributed by atoms with Crippen LogP contribution in [0, 0.1) is 5.92 Å². The van der Waals surface area contributed by atoms with Crippen LogP contribution in [0.1, 0.15) is 36.0 Å². The number of hydrogen-bond acceptors (Lipinski definition) is 5. The number of rotatable bonds is 4. The van der Waals surface area contributed by atoms with E-state index in [-0.39, 0.29) is 24.6 Å². The van der Waals surface area contributed by atoms with Crippen molar-refractivity contribution in [2.24, 2.45) is 5.92 Å². The Hall–Kier alpha value is -2.28. The summed E-state index contributed by atoms with van der Waals surface area (Å²) in [6, 6.07) is 4.80. The third-order valence-electron chi connectivity index (χ3n) is 5.40. The molecule has 0 spiro atoms. The first-order valence-electron chi connectivity index (χ1n) is 9.41. The van der Waals surface area contributed by atoms with Gasteiger partial charge in [-0.1, -0.05) is 0 Å². The van der Waals surface area contributed by atoms with Crippen molar-refractivity contribution in [2.45, 2.75) is 31.7 Å². The molecule has 2 amide bonds. The van der Waals surface area contributed by atoms with Gasteiger partial charge in [-0.3, -0.25) is 9.59 Å². The largest absolute Gasteiger partial charge is 0.454 e. The standard InChI is InChI=1S/C19H25N3O4/c23-18(21-11-13-3-1-7-20-10-13)15-4-2-8-22(15)19(24)14-5-6-16-17(9-14)26-12-25-16/h5-6,9,13,15,20H,1-4,7-8,10-12H2,(H,21,23). The highest BCUT2D eigenvalue weighted by Crippen LogP contribution is 2.33. The van der Waals surface area contributed by atoms with Gasteiger partial charge in [0.2, 0.25) is 12.7 Å². The van der Waals surface area contributed by atoms with Crippen LogP contribution in [0.25, 0.3) is 0 Å². The van der Waals surface area contributed by atoms with Crippen LogP contribution in [0.15, 0.2) is 18.2 Å². The Morgan fingerprint density at radius 1 is 1.19 bits per heavy atom. The van der Waals surface area contributed by atoms with Crippen molar-refractivity contribution in [3.8, 4) is 11.5 Å². The van der Waals surface area contributed by atoms with E-state index in [1.165, 1.54) is 0 Å². The summed E-state index contributed by atoms with van der Waals surface area (Å²) in [5, 5.41) is 6.41. The molecule has 0 bridgehead atoms. The van der Waals surface area contributed by atoms with E-state index in [1.807, 2.05) is 0 Å². The molecule has 7 heteroatoms. The van der Waals surface area contributed by atoms with Crippen molar-refractivity contribution in [1.82, 2.24) is 15.5 Å². The number of carbonyl (C=O) groups is 2. The number of benzene rings is 1. The second-order valence-corrected chi connectivity index (χ2v) is 7.18. The quantitative estimate of drug-likeness (QED) is 0.843. The van der Waals surface area contributed by atoms with E-state index < -0.39 is 0 Å². The first-order chi connectivity index (χ1) is 12.7. The number of nitrogens with one attached hydrogen (secondary N) is 2. The van der Waals surface area contributed by atoms with E-state index in [4.69, 9.17) is 9.47 Å². The normalized spacial score (nSPS) is 24.5. The molecule has 3 aliphatic heterocycles. The van der Waals surface area contributed by atoms with E-state index in [1.54, 1.807) is 23.1 Å². The molecule has 0 saturated carbocycles. The predicted octanol–water partition coefficient (Wildman–Crippen LogP) is 1.14. The molecule has 2 unspecified atom stereocenters. The Morgan fingerprint density at radius 2 is 2.08 bits per heavy atom. The SMILES string of the molecule is O=C(NCC1CCCNC1)C1CCCN1C(=O)c1ccc2c(c1)OCO2. The molecule has 140 valence electrons. The maximum absolute atomic E-state index is 12.9. The molecule has 0 radical (unpaired) electrons. The Balaban J connectivity index is 1.39. The lowest BCUT2D eigenvalue weighted by Gasteiger charge is -2.26. The van der Waals surface area contributed by atoms with Crippen molar-refractivity contribution in [3.05, 3.63) is 23.8 Å². The fourth-order valence-corrected chi connectivity index (χ4v) is 3.94. The third kappa shape index (κ3) is 3.49. The Labute approximate surface area is 153 Å². The molecule has 2 fully saturated rings. The van der Waals surface area contributed by atoms with Gasteiger partial charge in [0.05, 0.1) is 0 Å². The molecular formula is C19H25N3O4. The average Bonchev–Trinajstić information content (AvgIpc) is 3.35. The number of carbonyl (C=O) groups excluding carboxylic acids is 2. The lowest BCUT2D eigenvalue weighted by Crippen LogP contribution is -2.48. The van der Waals surface area contributed by atoms with Crippen molar-refractivity contribution < 1.29 is 19.1 Å². The predicted molar refractivity (Wildman–Crippen MR) is 95.2 cm³/mol. The van der Waals surface area contributed by atoms with Gasteiger partial charge in [-0.2, -0.15) is 0 Å². The van der Waals surface area contributed by atoms with Gasteiger partial charge in [0.25, 0.3) is 5.91 Å². The minimum absolute atomic E-state index is 0.0397. The van der Waals surface area contributed by atoms with Gasteiger partial charge in [-0.15, -0.1) is 0 Å². The molecule has 2 saturated heterocycles. The van der Waals surface area contributed by atoms with Gasteiger partial charge in [-0.25, -0.2) is 0 Å². The molecule has 2 N–H and O–H groups in total. The second-order valence-electron chi connectivity index (χ2n) is 7.18. The number of nitrogens with zero attached hydrogens (tertiary/aromatic N) is 1. The molecular weight excluding hydrogens is 334 g/mol. The highest BCUT2D eigenvalue weighted by molar-refractivity contribution is 5.98. The minimum atomic E-state index is -0.385. The summed E-state index contributed by atoms with van der Waals surface area (Å²) in [7, 11) is 0. The van der Waals surface area contributed by atoms with Crippen molar-refractivity contribution in [2.75, 3.05) is 33.0 Å². The molecule has 4 rings (SSSR count). The average molecular weight is 359 g/mol. The fourth-order valence-electron chi connectivity index (χ4n) is 3.94. The minimum Gasteiger partial charge on any atom is -0.454 e. The van der Waals surface area contributed by atoms with Crippen molar-refractivity contribution in [1.29, 1.82) is 0 Å². The zero-order chi connectivity index (χ0) is 17.9. The van der Waals surface area contributed by atoms with Crippen LogP contribution in [0.4, 0.5) is 0 Å². The van der Waals surface area contributed by atoms with Crippen LogP contribution in [-0.4, -0.2) is 55.7 Å². The maximum atomic E-state index is 12.9. The number of ether oxygens (including phenoxy) is 2. The summed E-state index contributed by atoms with van der Waals surface area (Å²) in [5.41, 5.74) is 0.533. The van der Waals surface area contributed by atoms with Gasteiger partial charge >= 0.3 is 0 Å². The van der Waals surface area contributed by atoms with Crippen LogP contribution in [0.5, 0.6) is 11.5 Å². The second kappa shape index (κ2) is 7.53. The Morgan fingerprint density at radius 3 is 2.92 bits per heavy atom. The van der Waals surface area contributed by atoms with Gasteiger partial charge in [0, 0.05) is 18.7 Å². The molecule has 1 aromatic carbocycles. The van der Waals surface area contributed by atoms with Gasteiger partial charge in [0.15, 0.2) is 11.5 Å². The summed E-state index contributed by atoms with van der Waals surface area (Å²) in [4.78, 5) is 27.2. The molecule has 0 aromatic heterocycles. The summed E-state index contributed by atoms with van der Waals surface area (Å²) >= 11 is 0. The molecule has 3 heterocycles. The first-order valence-corrected chi connectivity index (χ1v) is 9.41. The van der Waals surface area contributed by atoms with E-state index in [2.05, 4.69) is 10.6 Å². The number of hydrogen-bond donors (Lipinski definition) is 2. The summed E-state index contributed by atoms with van der Waals surface area (Å²) in [6.45, 7) is 3.47. The molecule has 2 atom stereocenters. The summed E-state index contributed by atoms with van der Waals surface area (Å²) < 4.78 is 10.6. The highest BCUT2D eigenvalue weighted by Gasteiger charge is 2.35. The third-order valence-corrected chi connectivity index (χ3v) is 5.40. The summed E-state index contributed by atoms with van der Waals surface area (Å²) in [5.74, 6) is 1.55. The highest BCUT2D eigenvalue weighted by atomic mass is 16.7. The number of fused-ring (bicyclic) bond motifs is 1. The van der Waals surface area contributed by atoms with Gasteiger partial charge in [0.1, 0.15) is 6.04 Å². The Bertz CT molecular complexity index is 687. The fraction of sp³-hybridized carbons (Fsp3) is 0.579. The number of likely N-dealkylation sites (tertiary alicyclic amines) is 1. The van der Waals surface area contributed by atoms with Crippen LogP contribution in [0.3, 0.4) is 0 Å². The molecule has 7 nitrogen and oxygen atoms in total. The monoisotopic (exact) mass is 359 g/mol. The van der Waals surface area contributed by atoms with Crippen molar-refractivity contribution in [3.63, 3.8) is 0 Å². The van der Waals surface area contributed by atoms with Gasteiger partial charge < -0.3 is 25.0 Å². The number of amides is 2.